The van der Waals surface area contributed by atoms with Crippen molar-refractivity contribution in [3.05, 3.63) is 23.8 Å². The molecular weight excluding hydrogens is 130 g/mol. The van der Waals surface area contributed by atoms with Crippen LogP contribution in [0.2, 0.25) is 0 Å². The molecule has 0 spiro atoms. The summed E-state index contributed by atoms with van der Waals surface area (Å²) in [5, 5.41) is 17.8. The van der Waals surface area contributed by atoms with Crippen molar-refractivity contribution in [1.29, 1.82) is 0 Å². The lowest BCUT2D eigenvalue weighted by Gasteiger charge is -1.99. The minimum absolute atomic E-state index is 0.0185. The fourth-order valence-electron chi connectivity index (χ4n) is 0.702. The Balaban J connectivity index is 3.07. The maximum atomic E-state index is 9.01. The smallest absolute Gasteiger partial charge is 0.123 e. The molecule has 0 aliphatic heterocycles. The third kappa shape index (κ3) is 1.19. The molecule has 1 aromatic rings. The average molecular weight is 138 g/mol. The topological polar surface area (TPSA) is 64.3 Å². The minimum atomic E-state index is -0.0185. The van der Waals surface area contributed by atoms with Crippen LogP contribution < -0.4 is 5.73 Å². The molecule has 0 unspecified atom stereocenters. The molecule has 0 amide bonds. The van der Waals surface area contributed by atoms with Crippen LogP contribution in [0, 0.1) is 0 Å². The van der Waals surface area contributed by atoms with Gasteiger partial charge in [-0.05, 0) is 6.07 Å². The summed E-state index contributed by atoms with van der Waals surface area (Å²) in [5.74, 6) is 0.00435. The van der Waals surface area contributed by atoms with Gasteiger partial charge in [-0.3, -0.25) is 5.73 Å². The Morgan fingerprint density at radius 2 is 2.00 bits per heavy atom. The SMILES string of the molecule is [NH]Cc1ccc(O)cc1O. The number of aromatic hydroxyl groups is 2. The van der Waals surface area contributed by atoms with Crippen LogP contribution in [-0.2, 0) is 6.54 Å². The first-order chi connectivity index (χ1) is 4.74. The lowest BCUT2D eigenvalue weighted by Crippen LogP contribution is -1.84. The van der Waals surface area contributed by atoms with Gasteiger partial charge < -0.3 is 10.2 Å². The van der Waals surface area contributed by atoms with E-state index in [1.807, 2.05) is 0 Å². The van der Waals surface area contributed by atoms with Gasteiger partial charge in [0.25, 0.3) is 0 Å². The molecule has 3 N–H and O–H groups in total. The van der Waals surface area contributed by atoms with Gasteiger partial charge in [0.15, 0.2) is 0 Å². The van der Waals surface area contributed by atoms with Crippen LogP contribution in [0.3, 0.4) is 0 Å². The molecule has 10 heavy (non-hydrogen) atoms. The van der Waals surface area contributed by atoms with Gasteiger partial charge in [0, 0.05) is 18.2 Å². The number of phenolic OH excluding ortho intramolecular Hbond substituents is 2. The van der Waals surface area contributed by atoms with Gasteiger partial charge in [-0.1, -0.05) is 6.07 Å². The normalized spacial score (nSPS) is 9.70. The summed E-state index contributed by atoms with van der Waals surface area (Å²) >= 11 is 0. The van der Waals surface area contributed by atoms with Gasteiger partial charge in [0.05, 0.1) is 0 Å². The predicted octanol–water partition coefficient (Wildman–Crippen LogP) is 0.881. The number of phenols is 2. The standard InChI is InChI=1S/C7H8NO2/c8-4-5-1-2-6(9)3-7(5)10/h1-3,8-10H,4H2. The van der Waals surface area contributed by atoms with E-state index in [2.05, 4.69) is 0 Å². The highest BCUT2D eigenvalue weighted by Gasteiger charge is 1.98. The van der Waals surface area contributed by atoms with Crippen molar-refractivity contribution >= 4 is 0 Å². The molecule has 1 radical (unpaired) electrons. The van der Waals surface area contributed by atoms with Crippen molar-refractivity contribution in [2.45, 2.75) is 6.54 Å². The van der Waals surface area contributed by atoms with Crippen molar-refractivity contribution in [3.63, 3.8) is 0 Å². The molecule has 0 aliphatic carbocycles. The van der Waals surface area contributed by atoms with Gasteiger partial charge in [-0.2, -0.15) is 0 Å². The summed E-state index contributed by atoms with van der Waals surface area (Å²) < 4.78 is 0. The van der Waals surface area contributed by atoms with Gasteiger partial charge in [-0.15, -0.1) is 0 Å². The second-order valence-corrected chi connectivity index (χ2v) is 1.99. The Morgan fingerprint density at radius 1 is 1.30 bits per heavy atom. The molecule has 0 aliphatic rings. The number of rotatable bonds is 1. The van der Waals surface area contributed by atoms with Crippen LogP contribution in [-0.4, -0.2) is 10.2 Å². The van der Waals surface area contributed by atoms with Crippen molar-refractivity contribution in [1.82, 2.24) is 5.73 Å². The van der Waals surface area contributed by atoms with Gasteiger partial charge >= 0.3 is 0 Å². The fraction of sp³-hybridized carbons (Fsp3) is 0.143. The summed E-state index contributed by atoms with van der Waals surface area (Å²) in [7, 11) is 0. The van der Waals surface area contributed by atoms with Gasteiger partial charge in [-0.25, -0.2) is 0 Å². The predicted molar refractivity (Wildman–Crippen MR) is 36.6 cm³/mol. The van der Waals surface area contributed by atoms with Crippen molar-refractivity contribution in [3.8, 4) is 11.5 Å². The van der Waals surface area contributed by atoms with E-state index in [0.717, 1.165) is 0 Å². The van der Waals surface area contributed by atoms with Crippen LogP contribution in [0.15, 0.2) is 18.2 Å². The summed E-state index contributed by atoms with van der Waals surface area (Å²) in [5.41, 5.74) is 7.44. The largest absolute Gasteiger partial charge is 0.508 e. The summed E-state index contributed by atoms with van der Waals surface area (Å²) in [6, 6.07) is 4.20. The van der Waals surface area contributed by atoms with Gasteiger partial charge in [0.1, 0.15) is 11.5 Å². The Hall–Kier alpha value is -1.22. The summed E-state index contributed by atoms with van der Waals surface area (Å²) in [6.07, 6.45) is 0. The Morgan fingerprint density at radius 3 is 2.50 bits per heavy atom. The van der Waals surface area contributed by atoms with E-state index in [1.54, 1.807) is 0 Å². The molecule has 0 heterocycles. The Bertz CT molecular complexity index is 235. The Kier molecular flexibility index (Phi) is 1.78. The van der Waals surface area contributed by atoms with Crippen LogP contribution in [0.25, 0.3) is 0 Å². The van der Waals surface area contributed by atoms with Crippen molar-refractivity contribution in [2.24, 2.45) is 0 Å². The molecule has 0 fully saturated rings. The first kappa shape index (κ1) is 6.89. The molecule has 0 saturated heterocycles. The van der Waals surface area contributed by atoms with Crippen LogP contribution in [0.5, 0.6) is 11.5 Å². The first-order valence-corrected chi connectivity index (χ1v) is 2.89. The second-order valence-electron chi connectivity index (χ2n) is 1.99. The number of nitrogens with one attached hydrogen (secondary N) is 1. The van der Waals surface area contributed by atoms with E-state index in [1.165, 1.54) is 18.2 Å². The molecule has 0 aromatic heterocycles. The van der Waals surface area contributed by atoms with Crippen molar-refractivity contribution in [2.75, 3.05) is 0 Å². The molecule has 3 heteroatoms. The Labute approximate surface area is 58.7 Å². The maximum Gasteiger partial charge on any atom is 0.123 e. The molecule has 0 bridgehead atoms. The van der Waals surface area contributed by atoms with Crippen LogP contribution in [0.1, 0.15) is 5.56 Å². The van der Waals surface area contributed by atoms with E-state index in [4.69, 9.17) is 15.9 Å². The van der Waals surface area contributed by atoms with Crippen LogP contribution >= 0.6 is 0 Å². The maximum absolute atomic E-state index is 9.01. The molecule has 53 valence electrons. The molecule has 1 rings (SSSR count). The third-order valence-electron chi connectivity index (χ3n) is 1.26. The lowest BCUT2D eigenvalue weighted by molar-refractivity contribution is 0.446. The first-order valence-electron chi connectivity index (χ1n) is 2.89. The number of hydrogen-bond acceptors (Lipinski definition) is 2. The molecule has 0 saturated carbocycles. The van der Waals surface area contributed by atoms with E-state index < -0.39 is 0 Å². The van der Waals surface area contributed by atoms with E-state index in [0.29, 0.717) is 5.56 Å². The van der Waals surface area contributed by atoms with Crippen molar-refractivity contribution < 1.29 is 10.2 Å². The van der Waals surface area contributed by atoms with Crippen LogP contribution in [0.4, 0.5) is 0 Å². The molecular formula is C7H8NO2. The van der Waals surface area contributed by atoms with E-state index in [-0.39, 0.29) is 18.0 Å². The summed E-state index contributed by atoms with van der Waals surface area (Å²) in [6.45, 7) is 0.0338. The molecule has 0 atom stereocenters. The number of hydrogen-bond donors (Lipinski definition) is 2. The third-order valence-corrected chi connectivity index (χ3v) is 1.26. The zero-order valence-electron chi connectivity index (χ0n) is 5.33. The fourth-order valence-corrected chi connectivity index (χ4v) is 0.702. The number of benzene rings is 1. The van der Waals surface area contributed by atoms with E-state index >= 15 is 0 Å². The molecule has 1 aromatic carbocycles. The highest BCUT2D eigenvalue weighted by Crippen LogP contribution is 2.21. The minimum Gasteiger partial charge on any atom is -0.508 e. The zero-order valence-corrected chi connectivity index (χ0v) is 5.33. The summed E-state index contributed by atoms with van der Waals surface area (Å²) in [4.78, 5) is 0. The quantitative estimate of drug-likeness (QED) is 0.605. The van der Waals surface area contributed by atoms with E-state index in [9.17, 15) is 0 Å². The van der Waals surface area contributed by atoms with Gasteiger partial charge in [0.2, 0.25) is 0 Å². The molecule has 3 nitrogen and oxygen atoms in total. The second kappa shape index (κ2) is 2.58. The zero-order chi connectivity index (χ0) is 7.56. The monoisotopic (exact) mass is 138 g/mol. The highest BCUT2D eigenvalue weighted by atomic mass is 16.3. The average Bonchev–Trinajstić information content (AvgIpc) is 1.88. The highest BCUT2D eigenvalue weighted by molar-refractivity contribution is 5.38. The lowest BCUT2D eigenvalue weighted by atomic mass is 10.2.